The maximum absolute atomic E-state index is 13.3. The van der Waals surface area contributed by atoms with Crippen molar-refractivity contribution >= 4 is 6.03 Å². The van der Waals surface area contributed by atoms with E-state index in [1.54, 1.807) is 30.1 Å². The summed E-state index contributed by atoms with van der Waals surface area (Å²) in [5.41, 5.74) is 0.633. The predicted molar refractivity (Wildman–Crippen MR) is 71.0 cm³/mol. The number of amides is 2. The van der Waals surface area contributed by atoms with Crippen LogP contribution in [0.1, 0.15) is 25.3 Å². The van der Waals surface area contributed by atoms with E-state index in [0.717, 1.165) is 19.4 Å². The summed E-state index contributed by atoms with van der Waals surface area (Å²) < 4.78 is 13.3. The molecule has 0 heterocycles. The van der Waals surface area contributed by atoms with Crippen LogP contribution in [0.3, 0.4) is 0 Å². The Morgan fingerprint density at radius 1 is 1.39 bits per heavy atom. The molecule has 100 valence electrons. The van der Waals surface area contributed by atoms with Crippen molar-refractivity contribution in [3.8, 4) is 0 Å². The van der Waals surface area contributed by atoms with E-state index in [-0.39, 0.29) is 11.8 Å². The van der Waals surface area contributed by atoms with Gasteiger partial charge in [0.15, 0.2) is 0 Å². The molecule has 0 aromatic heterocycles. The van der Waals surface area contributed by atoms with Gasteiger partial charge in [-0.1, -0.05) is 31.5 Å². The molecule has 0 aliphatic heterocycles. The molecule has 0 fully saturated rings. The molecule has 0 aliphatic rings. The van der Waals surface area contributed by atoms with E-state index in [2.05, 4.69) is 12.2 Å². The Bertz CT molecular complexity index is 382. The molecule has 1 aromatic carbocycles. The summed E-state index contributed by atoms with van der Waals surface area (Å²) in [5.74, 6) is -0.217. The zero-order valence-corrected chi connectivity index (χ0v) is 11.1. The topological polar surface area (TPSA) is 32.3 Å². The van der Waals surface area contributed by atoms with E-state index >= 15 is 0 Å². The van der Waals surface area contributed by atoms with E-state index in [0.29, 0.717) is 18.5 Å². The molecule has 18 heavy (non-hydrogen) atoms. The zero-order valence-electron chi connectivity index (χ0n) is 11.1. The predicted octanol–water partition coefficient (Wildman–Crippen LogP) is 2.81. The highest BCUT2D eigenvalue weighted by atomic mass is 19.1. The number of carbonyl (C=O) groups excluding carboxylic acids is 1. The van der Waals surface area contributed by atoms with Crippen LogP contribution < -0.4 is 5.32 Å². The summed E-state index contributed by atoms with van der Waals surface area (Å²) in [7, 11) is 1.77. The molecule has 1 rings (SSSR count). The fourth-order valence-electron chi connectivity index (χ4n) is 1.64. The van der Waals surface area contributed by atoms with Gasteiger partial charge in [0.25, 0.3) is 0 Å². The van der Waals surface area contributed by atoms with Gasteiger partial charge in [-0.05, 0) is 24.5 Å². The first kappa shape index (κ1) is 14.5. The summed E-state index contributed by atoms with van der Waals surface area (Å²) in [5, 5.41) is 2.79. The molecule has 0 unspecified atom stereocenters. The van der Waals surface area contributed by atoms with Gasteiger partial charge in [-0.15, -0.1) is 0 Å². The maximum atomic E-state index is 13.3. The first-order valence-electron chi connectivity index (χ1n) is 6.37. The van der Waals surface area contributed by atoms with Crippen LogP contribution in [-0.2, 0) is 6.42 Å². The number of nitrogens with one attached hydrogen (secondary N) is 1. The monoisotopic (exact) mass is 252 g/mol. The van der Waals surface area contributed by atoms with Crippen molar-refractivity contribution in [1.82, 2.24) is 10.2 Å². The molecule has 0 saturated carbocycles. The Morgan fingerprint density at radius 3 is 2.78 bits per heavy atom. The third-order valence-electron chi connectivity index (χ3n) is 2.82. The molecule has 0 saturated heterocycles. The van der Waals surface area contributed by atoms with Gasteiger partial charge in [0.05, 0.1) is 0 Å². The lowest BCUT2D eigenvalue weighted by Gasteiger charge is -2.17. The lowest BCUT2D eigenvalue weighted by atomic mass is 10.1. The van der Waals surface area contributed by atoms with Gasteiger partial charge in [-0.3, -0.25) is 0 Å². The summed E-state index contributed by atoms with van der Waals surface area (Å²) in [4.78, 5) is 13.3. The van der Waals surface area contributed by atoms with Crippen LogP contribution in [0.5, 0.6) is 0 Å². The maximum Gasteiger partial charge on any atom is 0.317 e. The molecule has 1 aromatic rings. The van der Waals surface area contributed by atoms with Crippen LogP contribution >= 0.6 is 0 Å². The normalized spacial score (nSPS) is 10.2. The van der Waals surface area contributed by atoms with Crippen molar-refractivity contribution in [3.05, 3.63) is 35.6 Å². The minimum Gasteiger partial charge on any atom is -0.338 e. The lowest BCUT2D eigenvalue weighted by Crippen LogP contribution is -2.38. The second kappa shape index (κ2) is 7.69. The van der Waals surface area contributed by atoms with E-state index in [9.17, 15) is 9.18 Å². The number of urea groups is 1. The fourth-order valence-corrected chi connectivity index (χ4v) is 1.64. The van der Waals surface area contributed by atoms with E-state index in [4.69, 9.17) is 0 Å². The minimum atomic E-state index is -0.217. The summed E-state index contributed by atoms with van der Waals surface area (Å²) in [6, 6.07) is 6.54. The molecule has 0 atom stereocenters. The van der Waals surface area contributed by atoms with Crippen molar-refractivity contribution in [2.24, 2.45) is 0 Å². The Hall–Kier alpha value is -1.58. The van der Waals surface area contributed by atoms with Gasteiger partial charge < -0.3 is 10.2 Å². The van der Waals surface area contributed by atoms with Gasteiger partial charge >= 0.3 is 6.03 Å². The average Bonchev–Trinajstić information content (AvgIpc) is 2.38. The van der Waals surface area contributed by atoms with Crippen molar-refractivity contribution in [2.75, 3.05) is 20.1 Å². The van der Waals surface area contributed by atoms with Gasteiger partial charge in [-0.25, -0.2) is 9.18 Å². The van der Waals surface area contributed by atoms with Crippen molar-refractivity contribution < 1.29 is 9.18 Å². The number of unbranched alkanes of at least 4 members (excludes halogenated alkanes) is 1. The Morgan fingerprint density at radius 2 is 2.11 bits per heavy atom. The number of benzene rings is 1. The molecule has 2 amide bonds. The largest absolute Gasteiger partial charge is 0.338 e. The number of nitrogens with zero attached hydrogens (tertiary/aromatic N) is 1. The Labute approximate surface area is 108 Å². The average molecular weight is 252 g/mol. The van der Waals surface area contributed by atoms with Crippen LogP contribution in [-0.4, -0.2) is 31.1 Å². The molecule has 4 heteroatoms. The number of hydrogen-bond donors (Lipinski definition) is 1. The number of halogens is 1. The van der Waals surface area contributed by atoms with Gasteiger partial charge in [0.2, 0.25) is 0 Å². The summed E-state index contributed by atoms with van der Waals surface area (Å²) in [6.45, 7) is 3.29. The number of hydrogen-bond acceptors (Lipinski definition) is 1. The van der Waals surface area contributed by atoms with E-state index in [1.807, 2.05) is 0 Å². The Balaban J connectivity index is 2.29. The van der Waals surface area contributed by atoms with Crippen LogP contribution in [0.25, 0.3) is 0 Å². The van der Waals surface area contributed by atoms with Gasteiger partial charge in [0, 0.05) is 20.1 Å². The van der Waals surface area contributed by atoms with Gasteiger partial charge in [-0.2, -0.15) is 0 Å². The first-order valence-corrected chi connectivity index (χ1v) is 6.37. The SMILES string of the molecule is CCCCN(C)C(=O)NCCc1ccccc1F. The highest BCUT2D eigenvalue weighted by Gasteiger charge is 2.07. The smallest absolute Gasteiger partial charge is 0.317 e. The van der Waals surface area contributed by atoms with Crippen LogP contribution in [0.2, 0.25) is 0 Å². The molecular weight excluding hydrogens is 231 g/mol. The molecule has 3 nitrogen and oxygen atoms in total. The fraction of sp³-hybridized carbons (Fsp3) is 0.500. The van der Waals surface area contributed by atoms with Crippen molar-refractivity contribution in [3.63, 3.8) is 0 Å². The third-order valence-corrected chi connectivity index (χ3v) is 2.82. The third kappa shape index (κ3) is 4.73. The lowest BCUT2D eigenvalue weighted by molar-refractivity contribution is 0.208. The summed E-state index contributed by atoms with van der Waals surface area (Å²) >= 11 is 0. The van der Waals surface area contributed by atoms with E-state index in [1.165, 1.54) is 6.07 Å². The standard InChI is InChI=1S/C14H21FN2O/c1-3-4-11-17(2)14(18)16-10-9-12-7-5-6-8-13(12)15/h5-8H,3-4,9-11H2,1-2H3,(H,16,18). The summed E-state index contributed by atoms with van der Waals surface area (Å²) in [6.07, 6.45) is 2.57. The highest BCUT2D eigenvalue weighted by Crippen LogP contribution is 2.06. The minimum absolute atomic E-state index is 0.0974. The van der Waals surface area contributed by atoms with Crippen molar-refractivity contribution in [2.45, 2.75) is 26.2 Å². The van der Waals surface area contributed by atoms with Crippen LogP contribution in [0, 0.1) is 5.82 Å². The second-order valence-corrected chi connectivity index (χ2v) is 4.35. The quantitative estimate of drug-likeness (QED) is 0.829. The molecule has 0 spiro atoms. The zero-order chi connectivity index (χ0) is 13.4. The van der Waals surface area contributed by atoms with E-state index < -0.39 is 0 Å². The van der Waals surface area contributed by atoms with Crippen LogP contribution in [0.4, 0.5) is 9.18 Å². The molecule has 0 bridgehead atoms. The number of rotatable bonds is 6. The number of carbonyl (C=O) groups is 1. The van der Waals surface area contributed by atoms with Crippen molar-refractivity contribution in [1.29, 1.82) is 0 Å². The molecule has 0 radical (unpaired) electrons. The molecule has 0 aliphatic carbocycles. The Kier molecular flexibility index (Phi) is 6.19. The molecular formula is C14H21FN2O. The second-order valence-electron chi connectivity index (χ2n) is 4.35. The van der Waals surface area contributed by atoms with Crippen LogP contribution in [0.15, 0.2) is 24.3 Å². The highest BCUT2D eigenvalue weighted by molar-refractivity contribution is 5.73. The molecule has 1 N–H and O–H groups in total. The first-order chi connectivity index (χ1) is 8.65. The van der Waals surface area contributed by atoms with Gasteiger partial charge in [0.1, 0.15) is 5.82 Å².